The molecule has 1 aromatic carbocycles. The maximum Gasteiger partial charge on any atom is 0.253 e. The first-order valence-corrected chi connectivity index (χ1v) is 11.3. The first kappa shape index (κ1) is 21.5. The molecule has 31 heavy (non-hydrogen) atoms. The number of hydrogen-bond donors (Lipinski definition) is 1. The molecule has 0 bridgehead atoms. The topological polar surface area (TPSA) is 74.7 Å². The number of nitrogens with zero attached hydrogens (tertiary/aromatic N) is 3. The molecule has 0 saturated carbocycles. The Morgan fingerprint density at radius 2 is 2.00 bits per heavy atom. The van der Waals surface area contributed by atoms with E-state index in [-0.39, 0.29) is 11.8 Å². The smallest absolute Gasteiger partial charge is 0.253 e. The van der Waals surface area contributed by atoms with Crippen molar-refractivity contribution >= 4 is 29.5 Å². The maximum absolute atomic E-state index is 12.6. The summed E-state index contributed by atoms with van der Waals surface area (Å²) in [5.74, 6) is 0.652. The number of piperidine rings is 1. The van der Waals surface area contributed by atoms with Crippen LogP contribution in [0, 0.1) is 5.92 Å². The molecular weight excluding hydrogens is 412 g/mol. The van der Waals surface area contributed by atoms with E-state index in [9.17, 15) is 9.59 Å². The number of halogens is 1. The van der Waals surface area contributed by atoms with E-state index in [1.54, 1.807) is 24.5 Å². The second-order valence-electron chi connectivity index (χ2n) is 8.21. The van der Waals surface area contributed by atoms with E-state index in [1.165, 1.54) is 0 Å². The summed E-state index contributed by atoms with van der Waals surface area (Å²) in [6.07, 6.45) is 10.5. The van der Waals surface area contributed by atoms with Gasteiger partial charge in [-0.05, 0) is 55.5 Å². The molecule has 0 radical (unpaired) electrons. The minimum absolute atomic E-state index is 0.0518. The molecule has 1 aromatic heterocycles. The van der Waals surface area contributed by atoms with Gasteiger partial charge in [0.25, 0.3) is 5.91 Å². The number of unbranched alkanes of at least 4 members (excludes halogenated alkanes) is 1. The van der Waals surface area contributed by atoms with Crippen LogP contribution < -0.4 is 15.9 Å². The zero-order valence-corrected chi connectivity index (χ0v) is 18.2. The van der Waals surface area contributed by atoms with Gasteiger partial charge in [0.05, 0.1) is 5.36 Å². The first-order chi connectivity index (χ1) is 15.1. The Morgan fingerprint density at radius 3 is 2.77 bits per heavy atom. The Kier molecular flexibility index (Phi) is 6.97. The van der Waals surface area contributed by atoms with Crippen molar-refractivity contribution in [3.63, 3.8) is 0 Å². The van der Waals surface area contributed by atoms with E-state index < -0.39 is 6.04 Å². The highest BCUT2D eigenvalue weighted by molar-refractivity contribution is 6.30. The van der Waals surface area contributed by atoms with Crippen LogP contribution in [0.5, 0.6) is 0 Å². The van der Waals surface area contributed by atoms with Crippen molar-refractivity contribution in [2.24, 2.45) is 10.9 Å². The van der Waals surface area contributed by atoms with Crippen LogP contribution in [0.25, 0.3) is 6.08 Å². The standard InChI is InChI=1S/C24H27ClN4O2/c25-20-6-3-5-18(14-20)24(31)29-12-8-17(9-13-29)4-1-2-10-27-23(30)22-15-19-16-26-11-7-21(19)28-22/h3,5-7,11,14-17,22H,1-2,4,8-10,12-13H2,(H,27,30). The van der Waals surface area contributed by atoms with Crippen LogP contribution in [0.1, 0.15) is 42.5 Å². The SMILES string of the molecule is O=C(NCCCCC1CCN(C(=O)c2cccc(Cl)c2)CC1)C1C=c2cnccc2=N1. The van der Waals surface area contributed by atoms with Crippen molar-refractivity contribution in [3.8, 4) is 0 Å². The molecule has 2 aromatic rings. The third-order valence-corrected chi connectivity index (χ3v) is 6.26. The average Bonchev–Trinajstić information content (AvgIpc) is 3.23. The van der Waals surface area contributed by atoms with Gasteiger partial charge in [-0.15, -0.1) is 0 Å². The van der Waals surface area contributed by atoms with Crippen LogP contribution in [0.4, 0.5) is 0 Å². The number of benzene rings is 1. The van der Waals surface area contributed by atoms with Crippen molar-refractivity contribution in [2.75, 3.05) is 19.6 Å². The van der Waals surface area contributed by atoms with Gasteiger partial charge in [0.15, 0.2) is 0 Å². The van der Waals surface area contributed by atoms with Crippen molar-refractivity contribution in [3.05, 3.63) is 63.9 Å². The van der Waals surface area contributed by atoms with E-state index in [2.05, 4.69) is 15.3 Å². The van der Waals surface area contributed by atoms with Crippen LogP contribution in [0.3, 0.4) is 0 Å². The van der Waals surface area contributed by atoms with Crippen LogP contribution in [0.2, 0.25) is 5.02 Å². The lowest BCUT2D eigenvalue weighted by Crippen LogP contribution is -2.38. The second kappa shape index (κ2) is 10.1. The second-order valence-corrected chi connectivity index (χ2v) is 8.64. The number of pyridine rings is 1. The van der Waals surface area contributed by atoms with E-state index in [0.717, 1.165) is 55.8 Å². The number of fused-ring (bicyclic) bond motifs is 1. The lowest BCUT2D eigenvalue weighted by Gasteiger charge is -2.32. The van der Waals surface area contributed by atoms with Crippen molar-refractivity contribution in [1.29, 1.82) is 0 Å². The number of likely N-dealkylation sites (tertiary alicyclic amines) is 1. The van der Waals surface area contributed by atoms with Crippen molar-refractivity contribution in [2.45, 2.75) is 38.1 Å². The molecule has 1 fully saturated rings. The monoisotopic (exact) mass is 438 g/mol. The van der Waals surface area contributed by atoms with Crippen molar-refractivity contribution < 1.29 is 9.59 Å². The lowest BCUT2D eigenvalue weighted by molar-refractivity contribution is -0.121. The highest BCUT2D eigenvalue weighted by Crippen LogP contribution is 2.24. The van der Waals surface area contributed by atoms with Gasteiger partial charge in [-0.3, -0.25) is 19.6 Å². The third-order valence-electron chi connectivity index (χ3n) is 6.02. The zero-order valence-electron chi connectivity index (χ0n) is 17.5. The van der Waals surface area contributed by atoms with Crippen molar-refractivity contribution in [1.82, 2.24) is 15.2 Å². The van der Waals surface area contributed by atoms with Crippen LogP contribution >= 0.6 is 11.6 Å². The molecule has 1 unspecified atom stereocenters. The maximum atomic E-state index is 12.6. The third kappa shape index (κ3) is 5.50. The van der Waals surface area contributed by atoms with E-state index in [4.69, 9.17) is 11.6 Å². The van der Waals surface area contributed by atoms with Gasteiger partial charge in [0.1, 0.15) is 6.04 Å². The molecule has 2 amide bonds. The summed E-state index contributed by atoms with van der Waals surface area (Å²) < 4.78 is 0. The van der Waals surface area contributed by atoms with Gasteiger partial charge >= 0.3 is 0 Å². The first-order valence-electron chi connectivity index (χ1n) is 10.9. The van der Waals surface area contributed by atoms with Gasteiger partial charge in [-0.1, -0.05) is 30.5 Å². The molecule has 0 spiro atoms. The summed E-state index contributed by atoms with van der Waals surface area (Å²) in [5.41, 5.74) is 0.660. The molecular formula is C24H27ClN4O2. The molecule has 1 N–H and O–H groups in total. The zero-order chi connectivity index (χ0) is 21.6. The molecule has 3 heterocycles. The lowest BCUT2D eigenvalue weighted by atomic mass is 9.91. The fourth-order valence-electron chi connectivity index (χ4n) is 4.24. The summed E-state index contributed by atoms with van der Waals surface area (Å²) in [6.45, 7) is 2.25. The van der Waals surface area contributed by atoms with Gasteiger partial charge in [-0.2, -0.15) is 0 Å². The Hall–Kier alpha value is -2.73. The average molecular weight is 439 g/mol. The van der Waals surface area contributed by atoms with E-state index >= 15 is 0 Å². The predicted molar refractivity (Wildman–Crippen MR) is 120 cm³/mol. The quantitative estimate of drug-likeness (QED) is 0.674. The molecule has 1 atom stereocenters. The Bertz CT molecular complexity index is 1030. The van der Waals surface area contributed by atoms with Crippen LogP contribution in [-0.4, -0.2) is 47.4 Å². The summed E-state index contributed by atoms with van der Waals surface area (Å²) in [7, 11) is 0. The number of carbonyl (C=O) groups is 2. The largest absolute Gasteiger partial charge is 0.354 e. The minimum atomic E-state index is -0.444. The van der Waals surface area contributed by atoms with Crippen LogP contribution in [0.15, 0.2) is 47.7 Å². The number of nitrogens with one attached hydrogen (secondary N) is 1. The molecule has 0 aliphatic carbocycles. The predicted octanol–water partition coefficient (Wildman–Crippen LogP) is 2.36. The van der Waals surface area contributed by atoms with E-state index in [1.807, 2.05) is 29.2 Å². The molecule has 162 valence electrons. The fraction of sp³-hybridized carbons (Fsp3) is 0.417. The van der Waals surface area contributed by atoms with Gasteiger partial charge in [0, 0.05) is 47.8 Å². The number of aromatic nitrogens is 1. The molecule has 2 aliphatic heterocycles. The molecule has 1 saturated heterocycles. The molecule has 7 heteroatoms. The van der Waals surface area contributed by atoms with Gasteiger partial charge in [-0.25, -0.2) is 0 Å². The number of rotatable bonds is 7. The normalized spacial score (nSPS) is 18.1. The molecule has 4 rings (SSSR count). The highest BCUT2D eigenvalue weighted by atomic mass is 35.5. The summed E-state index contributed by atoms with van der Waals surface area (Å²) in [5, 5.41) is 5.33. The number of amides is 2. The highest BCUT2D eigenvalue weighted by Gasteiger charge is 2.23. The minimum Gasteiger partial charge on any atom is -0.354 e. The summed E-state index contributed by atoms with van der Waals surface area (Å²) >= 11 is 6.01. The van der Waals surface area contributed by atoms with Gasteiger partial charge in [0.2, 0.25) is 5.91 Å². The Morgan fingerprint density at radius 1 is 1.16 bits per heavy atom. The van der Waals surface area contributed by atoms with Gasteiger partial charge < -0.3 is 10.2 Å². The Labute approximate surface area is 187 Å². The number of hydrogen-bond acceptors (Lipinski definition) is 4. The van der Waals surface area contributed by atoms with E-state index in [0.29, 0.717) is 23.0 Å². The summed E-state index contributed by atoms with van der Waals surface area (Å²) in [4.78, 5) is 35.3. The number of carbonyl (C=O) groups excluding carboxylic acids is 2. The van der Waals surface area contributed by atoms with Crippen LogP contribution in [-0.2, 0) is 4.79 Å². The molecule has 2 aliphatic rings. The fourth-order valence-corrected chi connectivity index (χ4v) is 4.43. The Balaban J connectivity index is 1.12. The summed E-state index contributed by atoms with van der Waals surface area (Å²) in [6, 6.07) is 8.53. The molecule has 6 nitrogen and oxygen atoms in total.